The van der Waals surface area contributed by atoms with Crippen LogP contribution in [0.1, 0.15) is 10.4 Å². The second-order valence-corrected chi connectivity index (χ2v) is 3.17. The molecule has 1 rings (SSSR count). The molecule has 1 aromatic carbocycles. The third-order valence-electron chi connectivity index (χ3n) is 1.86. The van der Waals surface area contributed by atoms with Gasteiger partial charge in [-0.15, -0.1) is 0 Å². The van der Waals surface area contributed by atoms with Gasteiger partial charge in [0.2, 0.25) is 0 Å². The number of carbonyl (C=O) groups is 2. The number of rotatable bonds is 4. The lowest BCUT2D eigenvalue weighted by atomic mass is 10.1. The highest BCUT2D eigenvalue weighted by Crippen LogP contribution is 2.25. The number of benzene rings is 1. The van der Waals surface area contributed by atoms with Crippen molar-refractivity contribution in [1.82, 2.24) is 0 Å². The minimum atomic E-state index is -1.56. The number of anilines is 1. The highest BCUT2D eigenvalue weighted by molar-refractivity contribution is 5.92. The first-order chi connectivity index (χ1) is 8.45. The lowest BCUT2D eigenvalue weighted by Gasteiger charge is -2.07. The Balaban J connectivity index is 2.94. The Kier molecular flexibility index (Phi) is 4.25. The summed E-state index contributed by atoms with van der Waals surface area (Å²) >= 11 is 0. The molecule has 0 unspecified atom stereocenters. The molecule has 0 heterocycles. The van der Waals surface area contributed by atoms with Crippen LogP contribution < -0.4 is 5.32 Å². The number of nitrogens with one attached hydrogen (secondary N) is 1. The van der Waals surface area contributed by atoms with E-state index < -0.39 is 29.2 Å². The molecule has 0 radical (unpaired) electrons. The van der Waals surface area contributed by atoms with Gasteiger partial charge in [-0.25, -0.2) is 14.0 Å². The summed E-state index contributed by atoms with van der Waals surface area (Å²) in [6.45, 7) is 3.29. The van der Waals surface area contributed by atoms with Crippen LogP contribution in [0.2, 0.25) is 0 Å². The molecule has 7 heteroatoms. The van der Waals surface area contributed by atoms with Crippen LogP contribution >= 0.6 is 0 Å². The van der Waals surface area contributed by atoms with Gasteiger partial charge in [0.05, 0.1) is 0 Å². The molecule has 0 saturated heterocycles. The van der Waals surface area contributed by atoms with Gasteiger partial charge in [0.25, 0.3) is 0 Å². The van der Waals surface area contributed by atoms with E-state index in [2.05, 4.69) is 16.6 Å². The number of halogens is 1. The summed E-state index contributed by atoms with van der Waals surface area (Å²) in [5.74, 6) is -3.72. The Bertz CT molecular complexity index is 500. The zero-order valence-corrected chi connectivity index (χ0v) is 9.14. The number of ether oxygens (including phenoxy) is 1. The first-order valence-corrected chi connectivity index (χ1v) is 4.76. The smallest absolute Gasteiger partial charge is 0.411 e. The fraction of sp³-hybridized carbons (Fsp3) is 0.0909. The molecule has 0 aliphatic rings. The van der Waals surface area contributed by atoms with Gasteiger partial charge in [-0.05, 0) is 6.07 Å². The summed E-state index contributed by atoms with van der Waals surface area (Å²) in [5.41, 5.74) is -0.852. The van der Waals surface area contributed by atoms with E-state index >= 15 is 0 Å². The molecular weight excluding hydrogens is 245 g/mol. The van der Waals surface area contributed by atoms with E-state index in [1.54, 1.807) is 0 Å². The fourth-order valence-electron chi connectivity index (χ4n) is 1.13. The number of phenolic OH excluding ortho intramolecular Hbond substituents is 1. The Labute approximate surface area is 101 Å². The minimum Gasteiger partial charge on any atom is -0.505 e. The second kappa shape index (κ2) is 5.67. The molecule has 1 amide bonds. The van der Waals surface area contributed by atoms with E-state index in [1.165, 1.54) is 6.08 Å². The third-order valence-corrected chi connectivity index (χ3v) is 1.86. The molecule has 0 saturated carbocycles. The highest BCUT2D eigenvalue weighted by Gasteiger charge is 2.17. The molecule has 3 N–H and O–H groups in total. The molecule has 0 fully saturated rings. The van der Waals surface area contributed by atoms with E-state index in [0.717, 1.165) is 12.1 Å². The van der Waals surface area contributed by atoms with Crippen LogP contribution in [0.4, 0.5) is 14.9 Å². The van der Waals surface area contributed by atoms with Crippen molar-refractivity contribution in [2.45, 2.75) is 0 Å². The first kappa shape index (κ1) is 13.5. The van der Waals surface area contributed by atoms with Crippen molar-refractivity contribution in [3.8, 4) is 5.75 Å². The van der Waals surface area contributed by atoms with Crippen LogP contribution in [0, 0.1) is 5.82 Å². The molecule has 1 aromatic rings. The zero-order valence-electron chi connectivity index (χ0n) is 9.14. The van der Waals surface area contributed by atoms with E-state index in [-0.39, 0.29) is 12.3 Å². The summed E-state index contributed by atoms with van der Waals surface area (Å²) in [5, 5.41) is 20.0. The van der Waals surface area contributed by atoms with Gasteiger partial charge in [-0.1, -0.05) is 12.7 Å². The van der Waals surface area contributed by atoms with Crippen molar-refractivity contribution in [2.75, 3.05) is 11.9 Å². The van der Waals surface area contributed by atoms with Crippen LogP contribution in [0.5, 0.6) is 5.75 Å². The average Bonchev–Trinajstić information content (AvgIpc) is 2.30. The SMILES string of the molecule is C=CCOC(=O)Nc1cc(O)c(F)c(C(=O)O)c1. The molecule has 0 spiro atoms. The lowest BCUT2D eigenvalue weighted by molar-refractivity contribution is 0.0691. The Morgan fingerprint density at radius 1 is 1.50 bits per heavy atom. The maximum Gasteiger partial charge on any atom is 0.411 e. The van der Waals surface area contributed by atoms with E-state index in [9.17, 15) is 19.1 Å². The number of amides is 1. The van der Waals surface area contributed by atoms with Gasteiger partial charge in [0.1, 0.15) is 12.2 Å². The molecule has 6 nitrogen and oxygen atoms in total. The van der Waals surface area contributed by atoms with Crippen LogP contribution in [0.3, 0.4) is 0 Å². The maximum atomic E-state index is 13.2. The van der Waals surface area contributed by atoms with Crippen molar-refractivity contribution in [1.29, 1.82) is 0 Å². The van der Waals surface area contributed by atoms with Crippen LogP contribution in [-0.4, -0.2) is 28.9 Å². The third kappa shape index (κ3) is 3.21. The summed E-state index contributed by atoms with van der Waals surface area (Å²) in [7, 11) is 0. The topological polar surface area (TPSA) is 95.9 Å². The van der Waals surface area contributed by atoms with Crippen LogP contribution in [-0.2, 0) is 4.74 Å². The summed E-state index contributed by atoms with van der Waals surface area (Å²) in [6, 6.07) is 1.74. The first-order valence-electron chi connectivity index (χ1n) is 4.76. The standard InChI is InChI=1S/C11H10FNO5/c1-2-3-18-11(17)13-6-4-7(10(15)16)9(12)8(14)5-6/h2,4-5,14H,1,3H2,(H,13,17)(H,15,16). The number of carboxylic acids is 1. The number of carbonyl (C=O) groups excluding carboxylic acids is 1. The van der Waals surface area contributed by atoms with Crippen molar-refractivity contribution < 1.29 is 28.9 Å². The normalized spacial score (nSPS) is 9.61. The molecule has 96 valence electrons. The van der Waals surface area contributed by atoms with Gasteiger partial charge >= 0.3 is 12.1 Å². The molecule has 0 aliphatic carbocycles. The van der Waals surface area contributed by atoms with E-state index in [1.807, 2.05) is 0 Å². The Morgan fingerprint density at radius 2 is 2.17 bits per heavy atom. The quantitative estimate of drug-likeness (QED) is 0.715. The van der Waals surface area contributed by atoms with Crippen LogP contribution in [0.25, 0.3) is 0 Å². The van der Waals surface area contributed by atoms with Gasteiger partial charge < -0.3 is 14.9 Å². The van der Waals surface area contributed by atoms with E-state index in [4.69, 9.17) is 5.11 Å². The monoisotopic (exact) mass is 255 g/mol. The highest BCUT2D eigenvalue weighted by atomic mass is 19.1. The number of hydrogen-bond acceptors (Lipinski definition) is 4. The molecule has 18 heavy (non-hydrogen) atoms. The zero-order chi connectivity index (χ0) is 13.7. The molecule has 0 bridgehead atoms. The van der Waals surface area contributed by atoms with Crippen molar-refractivity contribution in [2.24, 2.45) is 0 Å². The molecule has 0 aliphatic heterocycles. The van der Waals surface area contributed by atoms with Gasteiger partial charge in [-0.3, -0.25) is 5.32 Å². The lowest BCUT2D eigenvalue weighted by Crippen LogP contribution is -2.14. The maximum absolute atomic E-state index is 13.2. The Hall–Kier alpha value is -2.57. The van der Waals surface area contributed by atoms with Crippen LogP contribution in [0.15, 0.2) is 24.8 Å². The summed E-state index contributed by atoms with van der Waals surface area (Å²) < 4.78 is 17.8. The second-order valence-electron chi connectivity index (χ2n) is 3.17. The number of hydrogen-bond donors (Lipinski definition) is 3. The summed E-state index contributed by atoms with van der Waals surface area (Å²) in [6.07, 6.45) is 0.460. The average molecular weight is 255 g/mol. The fourth-order valence-corrected chi connectivity index (χ4v) is 1.13. The van der Waals surface area contributed by atoms with Crippen molar-refractivity contribution in [3.63, 3.8) is 0 Å². The van der Waals surface area contributed by atoms with Gasteiger partial charge in [-0.2, -0.15) is 0 Å². The predicted molar refractivity (Wildman–Crippen MR) is 60.2 cm³/mol. The number of aromatic carboxylic acids is 1. The number of phenols is 1. The number of carboxylic acid groups (broad SMARTS) is 1. The minimum absolute atomic E-state index is 0.0369. The van der Waals surface area contributed by atoms with Crippen molar-refractivity contribution >= 4 is 17.7 Å². The summed E-state index contributed by atoms with van der Waals surface area (Å²) in [4.78, 5) is 21.8. The predicted octanol–water partition coefficient (Wildman–Crippen LogP) is 1.96. The molecule has 0 aromatic heterocycles. The van der Waals surface area contributed by atoms with Gasteiger partial charge in [0.15, 0.2) is 11.6 Å². The molecular formula is C11H10FNO5. The molecule has 0 atom stereocenters. The van der Waals surface area contributed by atoms with E-state index in [0.29, 0.717) is 0 Å². The largest absolute Gasteiger partial charge is 0.505 e. The Morgan fingerprint density at radius 3 is 2.72 bits per heavy atom. The van der Waals surface area contributed by atoms with Crippen molar-refractivity contribution in [3.05, 3.63) is 36.2 Å². The van der Waals surface area contributed by atoms with Gasteiger partial charge in [0, 0.05) is 11.8 Å². The number of aromatic hydroxyl groups is 1.